The lowest BCUT2D eigenvalue weighted by molar-refractivity contribution is -0.0430. The van der Waals surface area contributed by atoms with Crippen LogP contribution >= 0.6 is 0 Å². The molecule has 26 heavy (non-hydrogen) atoms. The molecule has 0 spiro atoms. The van der Waals surface area contributed by atoms with Gasteiger partial charge >= 0.3 is 0 Å². The van der Waals surface area contributed by atoms with Crippen LogP contribution in [0.3, 0.4) is 0 Å². The number of aromatic amines is 1. The topological polar surface area (TPSA) is 116 Å². The average molecular weight is 359 g/mol. The molecule has 0 saturated carbocycles. The van der Waals surface area contributed by atoms with Crippen LogP contribution in [0.2, 0.25) is 0 Å². The third-order valence-electron chi connectivity index (χ3n) is 4.03. The maximum Gasteiger partial charge on any atom is 0.263 e. The second kappa shape index (κ2) is 7.29. The monoisotopic (exact) mass is 359 g/mol. The van der Waals surface area contributed by atoms with Crippen LogP contribution in [-0.4, -0.2) is 68.9 Å². The molecule has 1 saturated heterocycles. The molecule has 0 aliphatic carbocycles. The van der Waals surface area contributed by atoms with Crippen molar-refractivity contribution < 1.29 is 14.9 Å². The zero-order valence-corrected chi connectivity index (χ0v) is 14.8. The summed E-state index contributed by atoms with van der Waals surface area (Å²) < 4.78 is 7.37. The van der Waals surface area contributed by atoms with Crippen LogP contribution in [0.1, 0.15) is 25.1 Å². The Labute approximate surface area is 149 Å². The van der Waals surface area contributed by atoms with Crippen molar-refractivity contribution in [3.05, 3.63) is 22.1 Å². The Morgan fingerprint density at radius 3 is 2.96 bits per heavy atom. The second-order valence-electron chi connectivity index (χ2n) is 6.24. The zero-order valence-electron chi connectivity index (χ0n) is 14.8. The van der Waals surface area contributed by atoms with Gasteiger partial charge in [0.25, 0.3) is 5.56 Å². The number of hydrogen-bond acceptors (Lipinski definition) is 6. The van der Waals surface area contributed by atoms with Gasteiger partial charge in [0.2, 0.25) is 5.95 Å². The number of rotatable bonds is 4. The normalized spacial score (nSPS) is 22.7. The first-order valence-electron chi connectivity index (χ1n) is 8.17. The summed E-state index contributed by atoms with van der Waals surface area (Å²) in [5.41, 5.74) is 0.535. The molecule has 1 fully saturated rings. The summed E-state index contributed by atoms with van der Waals surface area (Å²) in [6, 6.07) is 0. The molecule has 3 atom stereocenters. The van der Waals surface area contributed by atoms with Crippen LogP contribution in [0, 0.1) is 11.8 Å². The molecule has 1 aliphatic heterocycles. The van der Waals surface area contributed by atoms with Gasteiger partial charge in [-0.05, 0) is 6.92 Å². The summed E-state index contributed by atoms with van der Waals surface area (Å²) in [5, 5.41) is 19.7. The summed E-state index contributed by atoms with van der Waals surface area (Å²) >= 11 is 0. The van der Waals surface area contributed by atoms with E-state index in [1.165, 1.54) is 6.34 Å². The fourth-order valence-corrected chi connectivity index (χ4v) is 2.87. The molecule has 9 nitrogen and oxygen atoms in total. The van der Waals surface area contributed by atoms with E-state index >= 15 is 0 Å². The highest BCUT2D eigenvalue weighted by Crippen LogP contribution is 2.32. The number of nitrogens with zero attached hydrogens (tertiary/aromatic N) is 4. The van der Waals surface area contributed by atoms with Gasteiger partial charge < -0.3 is 24.4 Å². The molecular weight excluding hydrogens is 338 g/mol. The number of hydrogen-bond donors (Lipinski definition) is 3. The van der Waals surface area contributed by atoms with Crippen molar-refractivity contribution in [3.8, 4) is 11.8 Å². The maximum absolute atomic E-state index is 12.6. The molecule has 0 amide bonds. The van der Waals surface area contributed by atoms with E-state index in [1.54, 1.807) is 36.7 Å². The van der Waals surface area contributed by atoms with Crippen molar-refractivity contribution in [2.45, 2.75) is 31.8 Å². The minimum absolute atomic E-state index is 0.156. The Bertz CT molecular complexity index is 950. The van der Waals surface area contributed by atoms with Crippen LogP contribution in [0.4, 0.5) is 5.95 Å². The molecule has 9 heteroatoms. The molecular formula is C17H21N5O4. The van der Waals surface area contributed by atoms with Crippen molar-refractivity contribution in [1.82, 2.24) is 19.4 Å². The predicted molar refractivity (Wildman–Crippen MR) is 96.4 cm³/mol. The van der Waals surface area contributed by atoms with Crippen LogP contribution in [0.25, 0.3) is 11.0 Å². The van der Waals surface area contributed by atoms with Crippen LogP contribution in [0.5, 0.6) is 0 Å². The predicted octanol–water partition coefficient (Wildman–Crippen LogP) is -0.0419. The van der Waals surface area contributed by atoms with Crippen molar-refractivity contribution in [1.29, 1.82) is 0 Å². The van der Waals surface area contributed by atoms with E-state index in [2.05, 4.69) is 26.8 Å². The van der Waals surface area contributed by atoms with E-state index in [0.717, 1.165) is 0 Å². The third-order valence-corrected chi connectivity index (χ3v) is 4.03. The fourth-order valence-electron chi connectivity index (χ4n) is 2.87. The summed E-state index contributed by atoms with van der Waals surface area (Å²) in [6.45, 7) is 1.39. The highest BCUT2D eigenvalue weighted by molar-refractivity contribution is 5.83. The third kappa shape index (κ3) is 3.35. The SMILES string of the molecule is CC#Cc1cn([C@H]2C[C@H](O)[C@@H](CO)O2)c2nc(/N=C/N(C)C)[nH]c(=O)c12. The lowest BCUT2D eigenvalue weighted by atomic mass is 10.2. The van der Waals surface area contributed by atoms with Gasteiger partial charge in [0.1, 0.15) is 12.3 Å². The lowest BCUT2D eigenvalue weighted by Gasteiger charge is -2.14. The zero-order chi connectivity index (χ0) is 18.8. The Morgan fingerprint density at radius 1 is 1.58 bits per heavy atom. The number of nitrogens with one attached hydrogen (secondary N) is 1. The summed E-state index contributed by atoms with van der Waals surface area (Å²) in [6.07, 6.45) is 1.46. The molecule has 2 aromatic heterocycles. The molecule has 0 bridgehead atoms. The number of fused-ring (bicyclic) bond motifs is 1. The second-order valence-corrected chi connectivity index (χ2v) is 6.24. The largest absolute Gasteiger partial charge is 0.394 e. The summed E-state index contributed by atoms with van der Waals surface area (Å²) in [4.78, 5) is 25.5. The quantitative estimate of drug-likeness (QED) is 0.401. The average Bonchev–Trinajstić information content (AvgIpc) is 3.14. The number of aliphatic hydroxyl groups is 2. The van der Waals surface area contributed by atoms with Crippen LogP contribution in [-0.2, 0) is 4.74 Å². The van der Waals surface area contributed by atoms with Gasteiger partial charge in [-0.15, -0.1) is 5.92 Å². The molecule has 138 valence electrons. The molecule has 3 heterocycles. The first-order chi connectivity index (χ1) is 12.4. The molecule has 3 rings (SSSR count). The van der Waals surface area contributed by atoms with Gasteiger partial charge in [0.05, 0.1) is 30.0 Å². The highest BCUT2D eigenvalue weighted by atomic mass is 16.5. The van der Waals surface area contributed by atoms with Gasteiger partial charge in [0.15, 0.2) is 5.65 Å². The van der Waals surface area contributed by atoms with E-state index < -0.39 is 18.4 Å². The summed E-state index contributed by atoms with van der Waals surface area (Å²) in [7, 11) is 3.61. The van der Waals surface area contributed by atoms with E-state index in [1.807, 2.05) is 0 Å². The smallest absolute Gasteiger partial charge is 0.263 e. The Morgan fingerprint density at radius 2 is 2.35 bits per heavy atom. The maximum atomic E-state index is 12.6. The standard InChI is InChI=1S/C17H21N5O4/c1-4-5-10-7-22(13-6-11(24)12(8-23)26-13)15-14(10)16(25)20-17(19-15)18-9-21(2)3/h7,9,11-13,23-24H,6,8H2,1-3H3,(H,19,20,25)/b18-9+/t11-,12+,13+/m0/s1. The van der Waals surface area contributed by atoms with Gasteiger partial charge in [0, 0.05) is 26.7 Å². The molecule has 0 unspecified atom stereocenters. The molecule has 3 N–H and O–H groups in total. The van der Waals surface area contributed by atoms with Gasteiger partial charge in [-0.3, -0.25) is 9.78 Å². The van der Waals surface area contributed by atoms with Gasteiger partial charge in [-0.2, -0.15) is 4.98 Å². The number of aromatic nitrogens is 3. The van der Waals surface area contributed by atoms with E-state index in [9.17, 15) is 15.0 Å². The van der Waals surface area contributed by atoms with Crippen molar-refractivity contribution >= 4 is 23.3 Å². The molecule has 2 aromatic rings. The first-order valence-corrected chi connectivity index (χ1v) is 8.17. The van der Waals surface area contributed by atoms with Gasteiger partial charge in [-0.25, -0.2) is 4.99 Å². The van der Waals surface area contributed by atoms with E-state index in [4.69, 9.17) is 4.74 Å². The highest BCUT2D eigenvalue weighted by Gasteiger charge is 2.35. The van der Waals surface area contributed by atoms with Crippen molar-refractivity contribution in [3.63, 3.8) is 0 Å². The fraction of sp³-hybridized carbons (Fsp3) is 0.471. The number of H-pyrrole nitrogens is 1. The lowest BCUT2D eigenvalue weighted by Crippen LogP contribution is -2.24. The molecule has 0 aromatic carbocycles. The number of aliphatic imine (C=N–C) groups is 1. The molecule has 0 radical (unpaired) electrons. The van der Waals surface area contributed by atoms with E-state index in [-0.39, 0.29) is 24.5 Å². The minimum atomic E-state index is -0.795. The Balaban J connectivity index is 2.15. The van der Waals surface area contributed by atoms with Crippen molar-refractivity contribution in [2.75, 3.05) is 20.7 Å². The van der Waals surface area contributed by atoms with Crippen LogP contribution in [0.15, 0.2) is 16.0 Å². The molecule has 1 aliphatic rings. The van der Waals surface area contributed by atoms with Crippen LogP contribution < -0.4 is 5.56 Å². The number of aliphatic hydroxyl groups excluding tert-OH is 2. The first kappa shape index (κ1) is 18.1. The number of ether oxygens (including phenoxy) is 1. The van der Waals surface area contributed by atoms with E-state index in [0.29, 0.717) is 16.6 Å². The summed E-state index contributed by atoms with van der Waals surface area (Å²) in [5.74, 6) is 5.83. The minimum Gasteiger partial charge on any atom is -0.394 e. The van der Waals surface area contributed by atoms with Gasteiger partial charge in [-0.1, -0.05) is 5.92 Å². The Hall–Kier alpha value is -2.67. The van der Waals surface area contributed by atoms with Crippen molar-refractivity contribution in [2.24, 2.45) is 4.99 Å². The Kier molecular flexibility index (Phi) is 5.08.